The third kappa shape index (κ3) is 3.48. The molecule has 2 aromatic carbocycles. The van der Waals surface area contributed by atoms with Gasteiger partial charge in [0.1, 0.15) is 5.69 Å². The number of carbonyl (C=O) groups excluding carboxylic acids is 1. The Morgan fingerprint density at radius 3 is 2.41 bits per heavy atom. The summed E-state index contributed by atoms with van der Waals surface area (Å²) in [5.41, 5.74) is 6.47. The molecule has 0 radical (unpaired) electrons. The lowest BCUT2D eigenvalue weighted by Crippen LogP contribution is -2.39. The van der Waals surface area contributed by atoms with E-state index in [9.17, 15) is 4.79 Å². The lowest BCUT2D eigenvalue weighted by atomic mass is 9.95. The zero-order chi connectivity index (χ0) is 20.0. The van der Waals surface area contributed by atoms with Crippen LogP contribution in [0.15, 0.2) is 55.0 Å². The van der Waals surface area contributed by atoms with Crippen molar-refractivity contribution in [3.63, 3.8) is 0 Å². The number of fused-ring (bicyclic) bond motifs is 2. The predicted octanol–water partition coefficient (Wildman–Crippen LogP) is 5.07. The van der Waals surface area contributed by atoms with Crippen LogP contribution in [0, 0.1) is 25.7 Å². The lowest BCUT2D eigenvalue weighted by Gasteiger charge is -2.23. The molecular formula is C25H27N3O. The highest BCUT2D eigenvalue weighted by Crippen LogP contribution is 2.44. The second-order valence-electron chi connectivity index (χ2n) is 8.83. The van der Waals surface area contributed by atoms with Crippen LogP contribution < -0.4 is 5.32 Å². The van der Waals surface area contributed by atoms with Crippen LogP contribution in [0.3, 0.4) is 0 Å². The molecule has 1 aromatic heterocycles. The summed E-state index contributed by atoms with van der Waals surface area (Å²) in [7, 11) is 0. The smallest absolute Gasteiger partial charge is 0.270 e. The molecule has 1 N–H and O–H groups in total. The number of hydrogen-bond donors (Lipinski definition) is 1. The molecule has 0 saturated heterocycles. The first-order valence-corrected chi connectivity index (χ1v) is 10.6. The number of aryl methyl sites for hydroxylation is 2. The summed E-state index contributed by atoms with van der Waals surface area (Å²) in [6.07, 6.45) is 8.40. The molecule has 4 nitrogen and oxygen atoms in total. The van der Waals surface area contributed by atoms with Gasteiger partial charge in [0.25, 0.3) is 5.91 Å². The summed E-state index contributed by atoms with van der Waals surface area (Å²) < 4.78 is 1.88. The Morgan fingerprint density at radius 2 is 1.76 bits per heavy atom. The summed E-state index contributed by atoms with van der Waals surface area (Å²) in [6, 6.07) is 15.3. The first-order chi connectivity index (χ1) is 14.1. The Balaban J connectivity index is 1.36. The first-order valence-electron chi connectivity index (χ1n) is 10.6. The van der Waals surface area contributed by atoms with Gasteiger partial charge in [0.2, 0.25) is 0 Å². The van der Waals surface area contributed by atoms with E-state index >= 15 is 0 Å². The average molecular weight is 386 g/mol. The minimum Gasteiger partial charge on any atom is -0.348 e. The van der Waals surface area contributed by atoms with Crippen LogP contribution in [0.25, 0.3) is 16.8 Å². The molecule has 0 unspecified atom stereocenters. The van der Waals surface area contributed by atoms with Gasteiger partial charge in [-0.15, -0.1) is 0 Å². The van der Waals surface area contributed by atoms with Crippen LogP contribution in [0.5, 0.6) is 0 Å². The second kappa shape index (κ2) is 7.18. The minimum absolute atomic E-state index is 0.0153. The van der Waals surface area contributed by atoms with Crippen LogP contribution in [0.1, 0.15) is 47.3 Å². The first kappa shape index (κ1) is 18.2. The van der Waals surface area contributed by atoms with Gasteiger partial charge < -0.3 is 5.32 Å². The largest absolute Gasteiger partial charge is 0.348 e. The van der Waals surface area contributed by atoms with Gasteiger partial charge in [0.15, 0.2) is 0 Å². The number of carbonyl (C=O) groups is 1. The Bertz CT molecular complexity index is 1030. The van der Waals surface area contributed by atoms with E-state index in [1.165, 1.54) is 41.5 Å². The van der Waals surface area contributed by atoms with Gasteiger partial charge >= 0.3 is 0 Å². The fourth-order valence-corrected chi connectivity index (χ4v) is 5.29. The standard InChI is InChI=1S/C25H27N3O/c1-16-9-17(2)11-21(10-16)19-5-7-22(8-6-19)28-15-26-14-24(28)25(29)27-23-13-18-3-4-20(23)12-18/h5-11,14-15,18,20,23H,3-4,12-13H2,1-2H3,(H,27,29)/t18-,20-,23+/m0/s1. The van der Waals surface area contributed by atoms with Gasteiger partial charge in [0, 0.05) is 11.7 Å². The number of nitrogens with zero attached hydrogens (tertiary/aromatic N) is 2. The summed E-state index contributed by atoms with van der Waals surface area (Å²) in [5.74, 6) is 1.46. The van der Waals surface area contributed by atoms with E-state index in [0.717, 1.165) is 18.0 Å². The van der Waals surface area contributed by atoms with Crippen LogP contribution in [-0.4, -0.2) is 21.5 Å². The van der Waals surface area contributed by atoms with Crippen LogP contribution in [0.4, 0.5) is 0 Å². The summed E-state index contributed by atoms with van der Waals surface area (Å²) in [4.78, 5) is 17.2. The van der Waals surface area contributed by atoms with Gasteiger partial charge in [-0.1, -0.05) is 47.9 Å². The topological polar surface area (TPSA) is 46.9 Å². The predicted molar refractivity (Wildman–Crippen MR) is 115 cm³/mol. The zero-order valence-corrected chi connectivity index (χ0v) is 17.1. The molecule has 2 aliphatic rings. The van der Waals surface area contributed by atoms with E-state index in [1.54, 1.807) is 12.5 Å². The number of amides is 1. The number of nitrogens with one attached hydrogen (secondary N) is 1. The molecule has 1 heterocycles. The Kier molecular flexibility index (Phi) is 4.50. The molecule has 2 fully saturated rings. The molecule has 0 spiro atoms. The molecule has 3 aromatic rings. The van der Waals surface area contributed by atoms with Gasteiger partial charge in [-0.25, -0.2) is 4.98 Å². The number of rotatable bonds is 4. The maximum atomic E-state index is 12.9. The maximum Gasteiger partial charge on any atom is 0.270 e. The highest BCUT2D eigenvalue weighted by atomic mass is 16.2. The summed E-state index contributed by atoms with van der Waals surface area (Å²) in [6.45, 7) is 4.24. The molecule has 2 saturated carbocycles. The Morgan fingerprint density at radius 1 is 1.00 bits per heavy atom. The fraction of sp³-hybridized carbons (Fsp3) is 0.360. The van der Waals surface area contributed by atoms with Crippen molar-refractivity contribution in [1.29, 1.82) is 0 Å². The Labute approximate surface area is 172 Å². The SMILES string of the molecule is Cc1cc(C)cc(-c2ccc(-n3cncc3C(=O)N[C@@H]3C[C@H]4CC[C@H]3C4)cc2)c1. The summed E-state index contributed by atoms with van der Waals surface area (Å²) >= 11 is 0. The van der Waals surface area contributed by atoms with Crippen molar-refractivity contribution in [3.8, 4) is 16.8 Å². The highest BCUT2D eigenvalue weighted by Gasteiger charge is 2.40. The van der Waals surface area contributed by atoms with Crippen molar-refractivity contribution < 1.29 is 4.79 Å². The van der Waals surface area contributed by atoms with Crippen molar-refractivity contribution in [2.24, 2.45) is 11.8 Å². The average Bonchev–Trinajstić information content (AvgIpc) is 3.44. The van der Waals surface area contributed by atoms with Crippen LogP contribution in [-0.2, 0) is 0 Å². The van der Waals surface area contributed by atoms with Crippen molar-refractivity contribution in [2.45, 2.75) is 45.6 Å². The van der Waals surface area contributed by atoms with Crippen molar-refractivity contribution >= 4 is 5.91 Å². The van der Waals surface area contributed by atoms with E-state index in [-0.39, 0.29) is 5.91 Å². The number of aromatic nitrogens is 2. The number of hydrogen-bond acceptors (Lipinski definition) is 2. The molecular weight excluding hydrogens is 358 g/mol. The van der Waals surface area contributed by atoms with Crippen molar-refractivity contribution in [3.05, 3.63) is 71.8 Å². The minimum atomic E-state index is -0.0153. The molecule has 29 heavy (non-hydrogen) atoms. The number of benzene rings is 2. The summed E-state index contributed by atoms with van der Waals surface area (Å²) in [5, 5.41) is 3.27. The molecule has 148 valence electrons. The highest BCUT2D eigenvalue weighted by molar-refractivity contribution is 5.93. The monoisotopic (exact) mass is 385 g/mol. The third-order valence-electron chi connectivity index (χ3n) is 6.63. The normalized spacial score (nSPS) is 22.8. The molecule has 2 bridgehead atoms. The second-order valence-corrected chi connectivity index (χ2v) is 8.83. The fourth-order valence-electron chi connectivity index (χ4n) is 5.29. The van der Waals surface area contributed by atoms with Crippen LogP contribution >= 0.6 is 0 Å². The molecule has 0 aliphatic heterocycles. The maximum absolute atomic E-state index is 12.9. The van der Waals surface area contributed by atoms with E-state index in [4.69, 9.17) is 0 Å². The molecule has 1 amide bonds. The van der Waals surface area contributed by atoms with Crippen molar-refractivity contribution in [2.75, 3.05) is 0 Å². The molecule has 3 atom stereocenters. The quantitative estimate of drug-likeness (QED) is 0.681. The van der Waals surface area contributed by atoms with E-state index in [0.29, 0.717) is 17.7 Å². The third-order valence-corrected chi connectivity index (χ3v) is 6.63. The Hall–Kier alpha value is -2.88. The number of imidazole rings is 1. The lowest BCUT2D eigenvalue weighted by molar-refractivity contribution is 0.0916. The van der Waals surface area contributed by atoms with E-state index in [1.807, 2.05) is 4.57 Å². The van der Waals surface area contributed by atoms with E-state index < -0.39 is 0 Å². The van der Waals surface area contributed by atoms with Gasteiger partial charge in [-0.2, -0.15) is 0 Å². The molecule has 5 rings (SSSR count). The van der Waals surface area contributed by atoms with Crippen molar-refractivity contribution in [1.82, 2.24) is 14.9 Å². The molecule has 4 heteroatoms. The molecule has 2 aliphatic carbocycles. The van der Waals surface area contributed by atoms with Gasteiger partial charge in [0.05, 0.1) is 12.5 Å². The van der Waals surface area contributed by atoms with Crippen LogP contribution in [0.2, 0.25) is 0 Å². The van der Waals surface area contributed by atoms with E-state index in [2.05, 4.69) is 66.6 Å². The van der Waals surface area contributed by atoms with Gasteiger partial charge in [-0.3, -0.25) is 9.36 Å². The zero-order valence-electron chi connectivity index (χ0n) is 17.1. The van der Waals surface area contributed by atoms with Gasteiger partial charge in [-0.05, 0) is 68.2 Å².